The molecule has 2 nitrogen and oxygen atoms in total. The largest absolute Gasteiger partial charge is 0.399 e. The molecule has 12 heavy (non-hydrogen) atoms. The van der Waals surface area contributed by atoms with Crippen molar-refractivity contribution in [3.05, 3.63) is 29.8 Å². The second-order valence-electron chi connectivity index (χ2n) is 2.57. The zero-order chi connectivity index (χ0) is 8.10. The van der Waals surface area contributed by atoms with Gasteiger partial charge in [-0.2, -0.15) is 0 Å². The number of hydrogen-bond acceptors (Lipinski definition) is 2. The minimum atomic E-state index is 0. The summed E-state index contributed by atoms with van der Waals surface area (Å²) >= 11 is 0. The first-order chi connectivity index (χ1) is 5.33. The summed E-state index contributed by atoms with van der Waals surface area (Å²) < 4.78 is 0. The Morgan fingerprint density at radius 3 is 2.25 bits per heavy atom. The maximum atomic E-state index is 8.56. The van der Waals surface area contributed by atoms with E-state index in [1.807, 2.05) is 24.3 Å². The van der Waals surface area contributed by atoms with Crippen LogP contribution in [-0.4, -0.2) is 11.7 Å². The van der Waals surface area contributed by atoms with Crippen molar-refractivity contribution in [1.29, 1.82) is 0 Å². The van der Waals surface area contributed by atoms with Gasteiger partial charge in [-0.15, -0.1) is 12.4 Å². The molecule has 0 aliphatic heterocycles. The summed E-state index contributed by atoms with van der Waals surface area (Å²) in [6.45, 7) is 0.254. The van der Waals surface area contributed by atoms with Crippen LogP contribution in [0.15, 0.2) is 24.3 Å². The fourth-order valence-electron chi connectivity index (χ4n) is 0.967. The molecule has 0 aromatic heterocycles. The quantitative estimate of drug-likeness (QED) is 0.707. The highest BCUT2D eigenvalue weighted by atomic mass is 35.5. The summed E-state index contributed by atoms with van der Waals surface area (Å²) in [5.74, 6) is 0. The summed E-state index contributed by atoms with van der Waals surface area (Å²) in [5.41, 5.74) is 7.53. The van der Waals surface area contributed by atoms with E-state index in [-0.39, 0.29) is 19.0 Å². The molecule has 0 unspecified atom stereocenters. The molecule has 68 valence electrons. The zero-order valence-electron chi connectivity index (χ0n) is 6.86. The van der Waals surface area contributed by atoms with Crippen molar-refractivity contribution < 1.29 is 5.11 Å². The second-order valence-corrected chi connectivity index (χ2v) is 2.57. The highest BCUT2D eigenvalue weighted by Gasteiger charge is 1.90. The highest BCUT2D eigenvalue weighted by molar-refractivity contribution is 5.85. The van der Waals surface area contributed by atoms with Crippen molar-refractivity contribution >= 4 is 18.1 Å². The van der Waals surface area contributed by atoms with E-state index in [9.17, 15) is 0 Å². The lowest BCUT2D eigenvalue weighted by atomic mass is 10.1. The molecule has 3 heteroatoms. The number of rotatable bonds is 3. The first-order valence-electron chi connectivity index (χ1n) is 3.78. The number of aryl methyl sites for hydroxylation is 1. The topological polar surface area (TPSA) is 46.2 Å². The molecule has 0 spiro atoms. The summed E-state index contributed by atoms with van der Waals surface area (Å²) in [4.78, 5) is 0. The van der Waals surface area contributed by atoms with E-state index in [1.54, 1.807) is 0 Å². The number of aliphatic hydroxyl groups excluding tert-OH is 1. The lowest BCUT2D eigenvalue weighted by Gasteiger charge is -1.98. The Hall–Kier alpha value is -0.730. The number of anilines is 1. The smallest absolute Gasteiger partial charge is 0.0434 e. The molecule has 0 radical (unpaired) electrons. The lowest BCUT2D eigenvalue weighted by molar-refractivity contribution is 0.288. The van der Waals surface area contributed by atoms with E-state index in [0.717, 1.165) is 18.5 Å². The van der Waals surface area contributed by atoms with Gasteiger partial charge in [0.25, 0.3) is 0 Å². The van der Waals surface area contributed by atoms with Crippen LogP contribution in [0.25, 0.3) is 0 Å². The van der Waals surface area contributed by atoms with Crippen LogP contribution >= 0.6 is 12.4 Å². The van der Waals surface area contributed by atoms with Crippen LogP contribution in [0.3, 0.4) is 0 Å². The van der Waals surface area contributed by atoms with Crippen LogP contribution in [-0.2, 0) is 6.42 Å². The number of hydrogen-bond donors (Lipinski definition) is 2. The molecule has 1 aromatic rings. The number of nitrogen functional groups attached to an aromatic ring is 1. The summed E-state index contributed by atoms with van der Waals surface area (Å²) in [5, 5.41) is 8.56. The molecule has 1 aromatic carbocycles. The Balaban J connectivity index is 0.00000121. The fraction of sp³-hybridized carbons (Fsp3) is 0.333. The van der Waals surface area contributed by atoms with Gasteiger partial charge in [0.2, 0.25) is 0 Å². The number of halogens is 1. The number of nitrogens with two attached hydrogens (primary N) is 1. The van der Waals surface area contributed by atoms with E-state index < -0.39 is 0 Å². The van der Waals surface area contributed by atoms with Crippen molar-refractivity contribution in [2.75, 3.05) is 12.3 Å². The Morgan fingerprint density at radius 2 is 1.75 bits per heavy atom. The van der Waals surface area contributed by atoms with Crippen LogP contribution in [0.2, 0.25) is 0 Å². The van der Waals surface area contributed by atoms with Crippen LogP contribution in [0, 0.1) is 0 Å². The van der Waals surface area contributed by atoms with Crippen molar-refractivity contribution in [2.45, 2.75) is 12.8 Å². The Bertz CT molecular complexity index is 210. The minimum absolute atomic E-state index is 0. The molecule has 3 N–H and O–H groups in total. The Labute approximate surface area is 78.8 Å². The first kappa shape index (κ1) is 11.3. The molecule has 0 aliphatic carbocycles. The zero-order valence-corrected chi connectivity index (χ0v) is 7.68. The third-order valence-corrected chi connectivity index (χ3v) is 1.60. The van der Waals surface area contributed by atoms with Crippen LogP contribution in [0.4, 0.5) is 5.69 Å². The van der Waals surface area contributed by atoms with Gasteiger partial charge in [0.05, 0.1) is 0 Å². The molecule has 0 aliphatic rings. The van der Waals surface area contributed by atoms with Crippen molar-refractivity contribution in [3.8, 4) is 0 Å². The van der Waals surface area contributed by atoms with E-state index in [0.29, 0.717) is 0 Å². The standard InChI is InChI=1S/C9H13NO.ClH/c10-9-5-3-8(4-6-9)2-1-7-11;/h3-6,11H,1-2,7,10H2;1H. The van der Waals surface area contributed by atoms with Crippen molar-refractivity contribution in [1.82, 2.24) is 0 Å². The van der Waals surface area contributed by atoms with Gasteiger partial charge in [-0.25, -0.2) is 0 Å². The van der Waals surface area contributed by atoms with Crippen LogP contribution < -0.4 is 5.73 Å². The van der Waals surface area contributed by atoms with Gasteiger partial charge in [-0.3, -0.25) is 0 Å². The van der Waals surface area contributed by atoms with E-state index in [2.05, 4.69) is 0 Å². The van der Waals surface area contributed by atoms with E-state index >= 15 is 0 Å². The molecule has 0 amide bonds. The van der Waals surface area contributed by atoms with Crippen molar-refractivity contribution in [3.63, 3.8) is 0 Å². The third kappa shape index (κ3) is 3.60. The van der Waals surface area contributed by atoms with Crippen LogP contribution in [0.1, 0.15) is 12.0 Å². The van der Waals surface area contributed by atoms with Crippen LogP contribution in [0.5, 0.6) is 0 Å². The van der Waals surface area contributed by atoms with Gasteiger partial charge in [-0.1, -0.05) is 12.1 Å². The fourth-order valence-corrected chi connectivity index (χ4v) is 0.967. The lowest BCUT2D eigenvalue weighted by Crippen LogP contribution is -1.90. The van der Waals surface area contributed by atoms with Crippen molar-refractivity contribution in [2.24, 2.45) is 0 Å². The predicted octanol–water partition coefficient (Wildman–Crippen LogP) is 1.62. The van der Waals surface area contributed by atoms with Gasteiger partial charge >= 0.3 is 0 Å². The third-order valence-electron chi connectivity index (χ3n) is 1.60. The summed E-state index contributed by atoms with van der Waals surface area (Å²) in [6.07, 6.45) is 1.75. The highest BCUT2D eigenvalue weighted by Crippen LogP contribution is 2.06. The second kappa shape index (κ2) is 5.86. The van der Waals surface area contributed by atoms with E-state index in [4.69, 9.17) is 10.8 Å². The molecule has 0 atom stereocenters. The molecule has 0 saturated heterocycles. The van der Waals surface area contributed by atoms with Gasteiger partial charge in [0.15, 0.2) is 0 Å². The predicted molar refractivity (Wildman–Crippen MR) is 53.5 cm³/mol. The maximum absolute atomic E-state index is 8.56. The number of benzene rings is 1. The van der Waals surface area contributed by atoms with Gasteiger partial charge < -0.3 is 10.8 Å². The average Bonchev–Trinajstić information content (AvgIpc) is 2.04. The average molecular weight is 188 g/mol. The minimum Gasteiger partial charge on any atom is -0.399 e. The summed E-state index contributed by atoms with van der Waals surface area (Å²) in [6, 6.07) is 7.75. The maximum Gasteiger partial charge on any atom is 0.0434 e. The molecule has 0 bridgehead atoms. The SMILES string of the molecule is Cl.Nc1ccc(CCCO)cc1. The number of aliphatic hydroxyl groups is 1. The van der Waals surface area contributed by atoms with Gasteiger partial charge in [0.1, 0.15) is 0 Å². The first-order valence-corrected chi connectivity index (χ1v) is 3.78. The Morgan fingerprint density at radius 1 is 1.17 bits per heavy atom. The molecule has 0 saturated carbocycles. The monoisotopic (exact) mass is 187 g/mol. The molecule has 0 fully saturated rings. The summed E-state index contributed by atoms with van der Waals surface area (Å²) in [7, 11) is 0. The van der Waals surface area contributed by atoms with E-state index in [1.165, 1.54) is 5.56 Å². The molecule has 0 heterocycles. The molecular formula is C9H14ClNO. The Kier molecular flexibility index (Phi) is 5.51. The van der Waals surface area contributed by atoms with Gasteiger partial charge in [0, 0.05) is 12.3 Å². The van der Waals surface area contributed by atoms with Gasteiger partial charge in [-0.05, 0) is 30.5 Å². The normalized spacial score (nSPS) is 9.08. The molecular weight excluding hydrogens is 174 g/mol. The molecule has 1 rings (SSSR count).